The summed E-state index contributed by atoms with van der Waals surface area (Å²) in [5.74, 6) is 1.60. The number of hydrogen-bond acceptors (Lipinski definition) is 4. The molecule has 5 rings (SSSR count). The van der Waals surface area contributed by atoms with Crippen LogP contribution in [0.5, 0.6) is 11.5 Å². The summed E-state index contributed by atoms with van der Waals surface area (Å²) in [5, 5.41) is 0. The van der Waals surface area contributed by atoms with Crippen molar-refractivity contribution in [2.75, 3.05) is 24.0 Å². The molecule has 0 N–H and O–H groups in total. The molecule has 0 radical (unpaired) electrons. The van der Waals surface area contributed by atoms with Crippen molar-refractivity contribution in [2.45, 2.75) is 0 Å². The number of hydrogen-bond donors (Lipinski definition) is 0. The molecule has 0 unspecified atom stereocenters. The fraction of sp³-hybridized carbons (Fsp3) is 0.0625. The predicted molar refractivity (Wildman–Crippen MR) is 164 cm³/mol. The predicted octanol–water partition coefficient (Wildman–Crippen LogP) is 10.2. The van der Waals surface area contributed by atoms with Crippen LogP contribution in [0.1, 0.15) is 0 Å². The minimum atomic E-state index is 0.800. The van der Waals surface area contributed by atoms with Gasteiger partial charge < -0.3 is 19.3 Å². The maximum absolute atomic E-state index is 5.55. The third kappa shape index (κ3) is 5.72. The van der Waals surface area contributed by atoms with Crippen LogP contribution in [0.3, 0.4) is 0 Å². The van der Waals surface area contributed by atoms with Gasteiger partial charge in [-0.15, -0.1) is 0 Å². The molecule has 0 amide bonds. The van der Waals surface area contributed by atoms with Gasteiger partial charge in [-0.3, -0.25) is 0 Å². The summed E-state index contributed by atoms with van der Waals surface area (Å²) in [7, 11) is 3.38. The van der Waals surface area contributed by atoms with Crippen LogP contribution in [0.25, 0.3) is 0 Å². The molecule has 5 aromatic rings. The van der Waals surface area contributed by atoms with E-state index in [1.165, 1.54) is 0 Å². The van der Waals surface area contributed by atoms with E-state index in [0.717, 1.165) is 54.6 Å². The highest BCUT2D eigenvalue weighted by Crippen LogP contribution is 2.41. The van der Waals surface area contributed by atoms with Crippen molar-refractivity contribution in [1.29, 1.82) is 0 Å². The molecular formula is C32H26Br2N2O2. The first kappa shape index (κ1) is 25.9. The van der Waals surface area contributed by atoms with E-state index in [1.807, 2.05) is 36.4 Å². The molecule has 0 fully saturated rings. The second-order valence-corrected chi connectivity index (χ2v) is 10.4. The zero-order valence-electron chi connectivity index (χ0n) is 21.0. The van der Waals surface area contributed by atoms with Crippen LogP contribution in [-0.2, 0) is 0 Å². The summed E-state index contributed by atoms with van der Waals surface area (Å²) in [6.07, 6.45) is 0. The summed E-state index contributed by atoms with van der Waals surface area (Å²) < 4.78 is 13.1. The smallest absolute Gasteiger partial charge is 0.120 e. The highest BCUT2D eigenvalue weighted by atomic mass is 79.9. The molecule has 0 aromatic heterocycles. The Morgan fingerprint density at radius 1 is 0.421 bits per heavy atom. The summed E-state index contributed by atoms with van der Waals surface area (Å²) in [6, 6.07) is 41.3. The highest BCUT2D eigenvalue weighted by molar-refractivity contribution is 9.10. The number of nitrogens with zero attached hydrogens (tertiary/aromatic N) is 2. The molecule has 190 valence electrons. The highest BCUT2D eigenvalue weighted by Gasteiger charge is 2.18. The van der Waals surface area contributed by atoms with Gasteiger partial charge in [0.2, 0.25) is 0 Å². The van der Waals surface area contributed by atoms with Crippen LogP contribution >= 0.6 is 31.9 Å². The van der Waals surface area contributed by atoms with Crippen LogP contribution in [0.15, 0.2) is 130 Å². The SMILES string of the molecule is COc1cccc(N(c2ccc(Br)cc2)c2cccc(N(c3ccc(Br)cc3)c3cccc(OC)c3)c2)c1. The van der Waals surface area contributed by atoms with Crippen molar-refractivity contribution in [3.63, 3.8) is 0 Å². The molecule has 0 atom stereocenters. The normalized spacial score (nSPS) is 10.6. The van der Waals surface area contributed by atoms with Crippen LogP contribution in [0.2, 0.25) is 0 Å². The van der Waals surface area contributed by atoms with Gasteiger partial charge in [0.25, 0.3) is 0 Å². The zero-order chi connectivity index (χ0) is 26.5. The average molecular weight is 630 g/mol. The van der Waals surface area contributed by atoms with Crippen LogP contribution in [-0.4, -0.2) is 14.2 Å². The average Bonchev–Trinajstić information content (AvgIpc) is 2.96. The summed E-state index contributed by atoms with van der Waals surface area (Å²) in [5.41, 5.74) is 6.11. The van der Waals surface area contributed by atoms with Crippen molar-refractivity contribution in [1.82, 2.24) is 0 Å². The van der Waals surface area contributed by atoms with E-state index < -0.39 is 0 Å². The number of methoxy groups -OCH3 is 2. The minimum Gasteiger partial charge on any atom is -0.497 e. The first-order valence-corrected chi connectivity index (χ1v) is 13.6. The third-order valence-electron chi connectivity index (χ3n) is 6.14. The molecule has 0 saturated carbocycles. The lowest BCUT2D eigenvalue weighted by Gasteiger charge is -2.29. The van der Waals surface area contributed by atoms with Gasteiger partial charge in [-0.2, -0.15) is 0 Å². The topological polar surface area (TPSA) is 24.9 Å². The molecular weight excluding hydrogens is 604 g/mol. The van der Waals surface area contributed by atoms with Gasteiger partial charge in [-0.1, -0.05) is 50.1 Å². The summed E-state index contributed by atoms with van der Waals surface area (Å²) in [6.45, 7) is 0. The largest absolute Gasteiger partial charge is 0.497 e. The number of ether oxygens (including phenoxy) is 2. The maximum atomic E-state index is 5.55. The van der Waals surface area contributed by atoms with Gasteiger partial charge in [-0.25, -0.2) is 0 Å². The van der Waals surface area contributed by atoms with Gasteiger partial charge in [0.05, 0.1) is 14.2 Å². The van der Waals surface area contributed by atoms with Crippen molar-refractivity contribution in [3.8, 4) is 11.5 Å². The van der Waals surface area contributed by atoms with E-state index in [1.54, 1.807) is 14.2 Å². The number of rotatable bonds is 8. The maximum Gasteiger partial charge on any atom is 0.120 e. The van der Waals surface area contributed by atoms with E-state index in [4.69, 9.17) is 9.47 Å². The van der Waals surface area contributed by atoms with Crippen molar-refractivity contribution < 1.29 is 9.47 Å². The molecule has 4 nitrogen and oxygen atoms in total. The Kier molecular flexibility index (Phi) is 8.01. The van der Waals surface area contributed by atoms with E-state index in [-0.39, 0.29) is 0 Å². The van der Waals surface area contributed by atoms with Crippen LogP contribution in [0.4, 0.5) is 34.1 Å². The quantitative estimate of drug-likeness (QED) is 0.170. The minimum absolute atomic E-state index is 0.800. The molecule has 0 aliphatic rings. The Morgan fingerprint density at radius 2 is 0.763 bits per heavy atom. The molecule has 0 saturated heterocycles. The second-order valence-electron chi connectivity index (χ2n) is 8.55. The Hall–Kier alpha value is -3.74. The molecule has 38 heavy (non-hydrogen) atoms. The van der Waals surface area contributed by atoms with Crippen LogP contribution in [0, 0.1) is 0 Å². The molecule has 6 heteroatoms. The van der Waals surface area contributed by atoms with Crippen molar-refractivity contribution in [2.24, 2.45) is 0 Å². The number of anilines is 6. The van der Waals surface area contributed by atoms with E-state index in [9.17, 15) is 0 Å². The standard InChI is InChI=1S/C32H26Br2N2O2/c1-37-31-10-4-8-29(21-31)35(25-16-12-23(33)13-17-25)27-6-3-7-28(20-27)36(26-18-14-24(34)15-19-26)30-9-5-11-32(22-30)38-2/h3-22H,1-2H3. The zero-order valence-corrected chi connectivity index (χ0v) is 24.2. The molecule has 5 aromatic carbocycles. The van der Waals surface area contributed by atoms with Gasteiger partial charge in [0.15, 0.2) is 0 Å². The first-order chi connectivity index (χ1) is 18.6. The van der Waals surface area contributed by atoms with E-state index in [2.05, 4.69) is 127 Å². The van der Waals surface area contributed by atoms with Gasteiger partial charge in [-0.05, 0) is 91.0 Å². The Bertz CT molecular complexity index is 1410. The van der Waals surface area contributed by atoms with E-state index >= 15 is 0 Å². The first-order valence-electron chi connectivity index (χ1n) is 12.1. The fourth-order valence-electron chi connectivity index (χ4n) is 4.35. The lowest BCUT2D eigenvalue weighted by atomic mass is 10.1. The second kappa shape index (κ2) is 11.8. The van der Waals surface area contributed by atoms with Gasteiger partial charge in [0, 0.05) is 55.2 Å². The Labute approximate surface area is 240 Å². The molecule has 0 aliphatic heterocycles. The molecule has 0 aliphatic carbocycles. The van der Waals surface area contributed by atoms with Gasteiger partial charge in [0.1, 0.15) is 11.5 Å². The Balaban J connectivity index is 1.67. The van der Waals surface area contributed by atoms with Crippen LogP contribution < -0.4 is 19.3 Å². The summed E-state index contributed by atoms with van der Waals surface area (Å²) >= 11 is 7.14. The lowest BCUT2D eigenvalue weighted by Crippen LogP contribution is -2.13. The number of benzene rings is 5. The molecule has 0 bridgehead atoms. The third-order valence-corrected chi connectivity index (χ3v) is 7.20. The molecule has 0 heterocycles. The van der Waals surface area contributed by atoms with Gasteiger partial charge >= 0.3 is 0 Å². The fourth-order valence-corrected chi connectivity index (χ4v) is 4.87. The van der Waals surface area contributed by atoms with Crippen molar-refractivity contribution in [3.05, 3.63) is 130 Å². The monoisotopic (exact) mass is 628 g/mol. The van der Waals surface area contributed by atoms with Crippen molar-refractivity contribution >= 4 is 66.0 Å². The lowest BCUT2D eigenvalue weighted by molar-refractivity contribution is 0.415. The van der Waals surface area contributed by atoms with E-state index in [0.29, 0.717) is 0 Å². The Morgan fingerprint density at radius 3 is 1.13 bits per heavy atom. The summed E-state index contributed by atoms with van der Waals surface area (Å²) in [4.78, 5) is 4.45. The number of halogens is 2. The molecule has 0 spiro atoms.